The topological polar surface area (TPSA) is 54.0 Å². The molecule has 0 bridgehead atoms. The maximum atomic E-state index is 11.1. The predicted molar refractivity (Wildman–Crippen MR) is 80.9 cm³/mol. The first-order valence-electron chi connectivity index (χ1n) is 6.47. The van der Waals surface area contributed by atoms with Gasteiger partial charge in [0.25, 0.3) is 0 Å². The van der Waals surface area contributed by atoms with E-state index in [1.54, 1.807) is 40.4 Å². The third-order valence-corrected chi connectivity index (χ3v) is 2.61. The Morgan fingerprint density at radius 3 is 2.14 bits per heavy atom. The van der Waals surface area contributed by atoms with E-state index in [-0.39, 0.29) is 5.97 Å². The second-order valence-electron chi connectivity index (χ2n) is 3.93. The van der Waals surface area contributed by atoms with Crippen LogP contribution in [-0.2, 0) is 9.53 Å². The van der Waals surface area contributed by atoms with E-state index < -0.39 is 0 Å². The molecule has 5 nitrogen and oxygen atoms in total. The summed E-state index contributed by atoms with van der Waals surface area (Å²) in [5.41, 5.74) is 0.859. The fraction of sp³-hybridized carbons (Fsp3) is 0.312. The van der Waals surface area contributed by atoms with E-state index in [9.17, 15) is 4.79 Å². The average Bonchev–Trinajstić information content (AvgIpc) is 2.50. The van der Waals surface area contributed by atoms with Gasteiger partial charge in [-0.2, -0.15) is 0 Å². The summed E-state index contributed by atoms with van der Waals surface area (Å²) < 4.78 is 20.6. The van der Waals surface area contributed by atoms with Crippen molar-refractivity contribution in [2.24, 2.45) is 0 Å². The lowest BCUT2D eigenvalue weighted by molar-refractivity contribution is -0.137. The van der Waals surface area contributed by atoms with Crippen molar-refractivity contribution in [3.05, 3.63) is 35.9 Å². The minimum atomic E-state index is -0.368. The largest absolute Gasteiger partial charge is 0.493 e. The lowest BCUT2D eigenvalue weighted by Gasteiger charge is -2.12. The molecule has 0 radical (unpaired) electrons. The lowest BCUT2D eigenvalue weighted by atomic mass is 10.1. The first kappa shape index (κ1) is 16.6. The van der Waals surface area contributed by atoms with E-state index in [1.807, 2.05) is 18.2 Å². The van der Waals surface area contributed by atoms with Gasteiger partial charge in [-0.05, 0) is 24.6 Å². The highest BCUT2D eigenvalue weighted by atomic mass is 16.5. The van der Waals surface area contributed by atoms with Crippen LogP contribution in [0.25, 0.3) is 6.08 Å². The molecule has 0 aliphatic heterocycles. The molecule has 0 aliphatic rings. The Morgan fingerprint density at radius 2 is 1.67 bits per heavy atom. The first-order chi connectivity index (χ1) is 10.2. The van der Waals surface area contributed by atoms with E-state index >= 15 is 0 Å². The van der Waals surface area contributed by atoms with Gasteiger partial charge in [-0.1, -0.05) is 18.2 Å². The maximum Gasteiger partial charge on any atom is 0.330 e. The molecule has 0 spiro atoms. The van der Waals surface area contributed by atoms with Crippen molar-refractivity contribution < 1.29 is 23.7 Å². The highest BCUT2D eigenvalue weighted by Gasteiger charge is 2.11. The number of allylic oxidation sites excluding steroid dienone is 2. The monoisotopic (exact) mass is 292 g/mol. The zero-order valence-corrected chi connectivity index (χ0v) is 12.7. The number of rotatable bonds is 7. The van der Waals surface area contributed by atoms with Crippen LogP contribution in [0.3, 0.4) is 0 Å². The van der Waals surface area contributed by atoms with Gasteiger partial charge in [0.2, 0.25) is 5.75 Å². The zero-order chi connectivity index (χ0) is 15.7. The zero-order valence-electron chi connectivity index (χ0n) is 12.7. The minimum absolute atomic E-state index is 0.361. The first-order valence-corrected chi connectivity index (χ1v) is 6.47. The van der Waals surface area contributed by atoms with Crippen LogP contribution in [0.5, 0.6) is 17.2 Å². The molecule has 0 fully saturated rings. The van der Waals surface area contributed by atoms with Crippen molar-refractivity contribution in [3.8, 4) is 17.2 Å². The standard InChI is InChI=1S/C16H20O5/c1-5-21-15(17)9-7-6-8-12-10-13(18-2)16(20-4)14(11-12)19-3/h6-11H,5H2,1-4H3/b8-6+,9-7+. The van der Waals surface area contributed by atoms with Gasteiger partial charge in [0.1, 0.15) is 0 Å². The smallest absolute Gasteiger partial charge is 0.330 e. The molecule has 0 heterocycles. The number of hydrogen-bond acceptors (Lipinski definition) is 5. The fourth-order valence-electron chi connectivity index (χ4n) is 1.69. The number of esters is 1. The van der Waals surface area contributed by atoms with Crippen LogP contribution >= 0.6 is 0 Å². The van der Waals surface area contributed by atoms with Gasteiger partial charge >= 0.3 is 5.97 Å². The average molecular weight is 292 g/mol. The lowest BCUT2D eigenvalue weighted by Crippen LogP contribution is -1.98. The highest BCUT2D eigenvalue weighted by Crippen LogP contribution is 2.38. The van der Waals surface area contributed by atoms with Crippen LogP contribution < -0.4 is 14.2 Å². The summed E-state index contributed by atoms with van der Waals surface area (Å²) in [7, 11) is 4.68. The summed E-state index contributed by atoms with van der Waals surface area (Å²) in [5.74, 6) is 1.32. The number of hydrogen-bond donors (Lipinski definition) is 0. The molecule has 1 aromatic carbocycles. The molecule has 0 saturated carbocycles. The molecule has 5 heteroatoms. The maximum absolute atomic E-state index is 11.1. The molecule has 0 saturated heterocycles. The highest BCUT2D eigenvalue weighted by molar-refractivity contribution is 5.82. The van der Waals surface area contributed by atoms with Crippen LogP contribution in [0.4, 0.5) is 0 Å². The van der Waals surface area contributed by atoms with Gasteiger partial charge < -0.3 is 18.9 Å². The Kier molecular flexibility index (Phi) is 6.87. The van der Waals surface area contributed by atoms with Crippen LogP contribution in [0.1, 0.15) is 12.5 Å². The molecule has 114 valence electrons. The summed E-state index contributed by atoms with van der Waals surface area (Å²) in [6.07, 6.45) is 6.52. The van der Waals surface area contributed by atoms with Crippen LogP contribution in [-0.4, -0.2) is 33.9 Å². The Morgan fingerprint density at radius 1 is 1.05 bits per heavy atom. The molecular formula is C16H20O5. The third kappa shape index (κ3) is 4.87. The van der Waals surface area contributed by atoms with Gasteiger partial charge in [-0.15, -0.1) is 0 Å². The summed E-state index contributed by atoms with van der Waals surface area (Å²) in [5, 5.41) is 0. The van der Waals surface area contributed by atoms with E-state index in [1.165, 1.54) is 6.08 Å². The summed E-state index contributed by atoms with van der Waals surface area (Å²) in [4.78, 5) is 11.1. The Labute approximate surface area is 124 Å². The summed E-state index contributed by atoms with van der Waals surface area (Å²) >= 11 is 0. The fourth-order valence-corrected chi connectivity index (χ4v) is 1.69. The van der Waals surface area contributed by atoms with Gasteiger partial charge in [-0.3, -0.25) is 0 Å². The SMILES string of the molecule is CCOC(=O)/C=C/C=C/c1cc(OC)c(OC)c(OC)c1. The number of methoxy groups -OCH3 is 3. The second kappa shape index (κ2) is 8.68. The van der Waals surface area contributed by atoms with Gasteiger partial charge in [0.05, 0.1) is 27.9 Å². The van der Waals surface area contributed by atoms with Gasteiger partial charge in [0, 0.05) is 6.08 Å². The van der Waals surface area contributed by atoms with Gasteiger partial charge in [-0.25, -0.2) is 4.79 Å². The molecule has 0 amide bonds. The predicted octanol–water partition coefficient (Wildman–Crippen LogP) is 2.84. The number of carbonyl (C=O) groups is 1. The van der Waals surface area contributed by atoms with Crippen LogP contribution in [0.15, 0.2) is 30.4 Å². The van der Waals surface area contributed by atoms with E-state index in [0.717, 1.165) is 5.56 Å². The normalized spacial score (nSPS) is 10.9. The van der Waals surface area contributed by atoms with E-state index in [2.05, 4.69) is 0 Å². The molecule has 0 atom stereocenters. The van der Waals surface area contributed by atoms with Crippen LogP contribution in [0, 0.1) is 0 Å². The Bertz CT molecular complexity index is 506. The van der Waals surface area contributed by atoms with Crippen molar-refractivity contribution in [2.45, 2.75) is 6.92 Å². The number of benzene rings is 1. The molecule has 0 unspecified atom stereocenters. The minimum Gasteiger partial charge on any atom is -0.493 e. The van der Waals surface area contributed by atoms with Crippen molar-refractivity contribution in [1.29, 1.82) is 0 Å². The molecule has 1 aromatic rings. The summed E-state index contributed by atoms with van der Waals surface area (Å²) in [6.45, 7) is 2.12. The van der Waals surface area contributed by atoms with Crippen molar-refractivity contribution in [1.82, 2.24) is 0 Å². The molecule has 1 rings (SSSR count). The second-order valence-corrected chi connectivity index (χ2v) is 3.93. The molecular weight excluding hydrogens is 272 g/mol. The number of ether oxygens (including phenoxy) is 4. The van der Waals surface area contributed by atoms with Gasteiger partial charge in [0.15, 0.2) is 11.5 Å². The molecule has 0 N–H and O–H groups in total. The molecule has 21 heavy (non-hydrogen) atoms. The third-order valence-electron chi connectivity index (χ3n) is 2.61. The quantitative estimate of drug-likeness (QED) is 0.439. The van der Waals surface area contributed by atoms with Crippen LogP contribution in [0.2, 0.25) is 0 Å². The van der Waals surface area contributed by atoms with E-state index in [4.69, 9.17) is 18.9 Å². The van der Waals surface area contributed by atoms with Crippen molar-refractivity contribution in [3.63, 3.8) is 0 Å². The van der Waals surface area contributed by atoms with Crippen molar-refractivity contribution >= 4 is 12.0 Å². The molecule has 0 aliphatic carbocycles. The van der Waals surface area contributed by atoms with E-state index in [0.29, 0.717) is 23.9 Å². The Hall–Kier alpha value is -2.43. The number of carbonyl (C=O) groups excluding carboxylic acids is 1. The molecule has 0 aromatic heterocycles. The summed E-state index contributed by atoms with van der Waals surface area (Å²) in [6, 6.07) is 3.63. The Balaban J connectivity index is 2.91. The van der Waals surface area contributed by atoms with Crippen molar-refractivity contribution in [2.75, 3.05) is 27.9 Å².